The number of ether oxygens (including phenoxy) is 1. The van der Waals surface area contributed by atoms with E-state index in [0.717, 1.165) is 0 Å². The molecule has 1 fully saturated rings. The van der Waals surface area contributed by atoms with Gasteiger partial charge < -0.3 is 20.5 Å². The number of carbonyl (C=O) groups excluding carboxylic acids is 2. The van der Waals surface area contributed by atoms with Gasteiger partial charge in [-0.3, -0.25) is 9.59 Å². The van der Waals surface area contributed by atoms with E-state index in [1.165, 1.54) is 34.9 Å². The number of tetrazole rings is 1. The Morgan fingerprint density at radius 2 is 1.95 bits per heavy atom. The summed E-state index contributed by atoms with van der Waals surface area (Å²) in [6, 6.07) is 3.11. The second-order valence-electron chi connectivity index (χ2n) is 9.94. The number of fused-ring (bicyclic) bond motifs is 1. The number of halogens is 4. The van der Waals surface area contributed by atoms with Crippen LogP contribution < -0.4 is 10.5 Å². The molecule has 0 aliphatic carbocycles. The Morgan fingerprint density at radius 1 is 1.21 bits per heavy atom. The lowest BCUT2D eigenvalue weighted by atomic mass is 9.95. The molecule has 0 aromatic carbocycles. The highest BCUT2D eigenvalue weighted by Gasteiger charge is 2.58. The molecule has 0 unspecified atom stereocenters. The average Bonchev–Trinajstić information content (AvgIpc) is 3.64. The normalized spacial score (nSPS) is 18.8. The number of anilines is 1. The minimum Gasteiger partial charge on any atom is -0.480 e. The molecule has 1 saturated heterocycles. The Labute approximate surface area is 234 Å². The molecule has 0 radical (unpaired) electrons. The zero-order valence-corrected chi connectivity index (χ0v) is 22.4. The van der Waals surface area contributed by atoms with Crippen LogP contribution in [0.2, 0.25) is 0 Å². The van der Waals surface area contributed by atoms with E-state index >= 15 is 0 Å². The minimum atomic E-state index is -5.26. The molecular weight excluding hydrogens is 568 g/mol. The molecule has 0 bridgehead atoms. The number of pyridine rings is 1. The number of aliphatic hydroxyl groups is 1. The van der Waals surface area contributed by atoms with Crippen LogP contribution in [-0.2, 0) is 11.8 Å². The number of alkyl halides is 4. The van der Waals surface area contributed by atoms with Gasteiger partial charge in [-0.25, -0.2) is 23.6 Å². The molecule has 0 saturated carbocycles. The van der Waals surface area contributed by atoms with Crippen LogP contribution in [0.5, 0.6) is 5.88 Å². The topological polar surface area (TPSA) is 180 Å². The number of methoxy groups -OCH3 is 1. The summed E-state index contributed by atoms with van der Waals surface area (Å²) in [6.07, 6.45) is -4.91. The smallest absolute Gasteiger partial charge is 0.426 e. The number of aromatic nitrogens is 8. The third-order valence-corrected chi connectivity index (χ3v) is 7.15. The van der Waals surface area contributed by atoms with Gasteiger partial charge in [-0.15, -0.1) is 5.10 Å². The minimum absolute atomic E-state index is 0.0479. The molecule has 5 heterocycles. The number of ketones is 1. The fourth-order valence-electron chi connectivity index (χ4n) is 4.83. The van der Waals surface area contributed by atoms with Crippen molar-refractivity contribution in [1.29, 1.82) is 0 Å². The summed E-state index contributed by atoms with van der Waals surface area (Å²) in [5, 5.41) is 25.6. The predicted molar refractivity (Wildman–Crippen MR) is 136 cm³/mol. The van der Waals surface area contributed by atoms with Crippen LogP contribution in [0.15, 0.2) is 24.7 Å². The fraction of sp³-hybridized carbons (Fsp3) is 0.417. The second-order valence-corrected chi connectivity index (χ2v) is 9.94. The summed E-state index contributed by atoms with van der Waals surface area (Å²) >= 11 is 0. The van der Waals surface area contributed by atoms with E-state index in [1.807, 2.05) is 0 Å². The fourth-order valence-corrected chi connectivity index (χ4v) is 4.83. The molecular formula is C24H24F4N10O4. The predicted octanol–water partition coefficient (Wildman–Crippen LogP) is 1.26. The molecule has 0 spiro atoms. The highest BCUT2D eigenvalue weighted by molar-refractivity contribution is 6.00. The first kappa shape index (κ1) is 28.8. The van der Waals surface area contributed by atoms with Crippen molar-refractivity contribution < 1.29 is 37.0 Å². The van der Waals surface area contributed by atoms with Crippen molar-refractivity contribution in [3.05, 3.63) is 30.2 Å². The van der Waals surface area contributed by atoms with Gasteiger partial charge in [0.25, 0.3) is 5.91 Å². The number of nitrogens with zero attached hydrogens (tertiary/aromatic N) is 9. The number of nitrogens with two attached hydrogens (primary N) is 1. The van der Waals surface area contributed by atoms with E-state index < -0.39 is 55.1 Å². The standard InChI is InChI=1S/C24H24F4N10O4/c1-23(41,24(26,27)28)22(40)37-8-12(15(25)9-37)5-17(39)13-4-11(7-30-21(13)42-3)18-14(20-33-34-35-36(20)2)6-16-19(29)31-10-32-38(16)18/h4,6-7,10,12,15,41H,5,8-9H2,1-3H3,(H2,29,31,32)/t12-,15+,23-/m1/s1. The summed E-state index contributed by atoms with van der Waals surface area (Å²) in [5.74, 6) is -3.06. The number of carbonyl (C=O) groups is 2. The van der Waals surface area contributed by atoms with Gasteiger partial charge in [0.2, 0.25) is 11.5 Å². The van der Waals surface area contributed by atoms with Crippen LogP contribution in [0.4, 0.5) is 23.4 Å². The van der Waals surface area contributed by atoms with Gasteiger partial charge in [-0.05, 0) is 29.5 Å². The van der Waals surface area contributed by atoms with Crippen LogP contribution >= 0.6 is 0 Å². The van der Waals surface area contributed by atoms with Gasteiger partial charge in [0.1, 0.15) is 18.0 Å². The molecule has 222 valence electrons. The summed E-state index contributed by atoms with van der Waals surface area (Å²) in [6.45, 7) is -0.903. The third kappa shape index (κ3) is 4.76. The summed E-state index contributed by atoms with van der Waals surface area (Å²) in [5.41, 5.74) is 3.96. The lowest BCUT2D eigenvalue weighted by molar-refractivity contribution is -0.249. The van der Waals surface area contributed by atoms with Crippen LogP contribution in [0.25, 0.3) is 28.2 Å². The SMILES string of the molecule is COc1ncc(-c2c(-c3nnnn3C)cc3c(N)ncnn23)cc1C(=O)C[C@@H]1CN(C(=O)[C@@](C)(O)C(F)(F)F)C[C@@H]1F. The number of rotatable bonds is 7. The van der Waals surface area contributed by atoms with E-state index in [0.29, 0.717) is 40.0 Å². The number of likely N-dealkylation sites (tertiary alicyclic amines) is 1. The highest BCUT2D eigenvalue weighted by Crippen LogP contribution is 2.37. The lowest BCUT2D eigenvalue weighted by Gasteiger charge is -2.29. The molecule has 3 N–H and O–H groups in total. The van der Waals surface area contributed by atoms with Gasteiger partial charge in [-0.1, -0.05) is 0 Å². The second kappa shape index (κ2) is 10.3. The van der Waals surface area contributed by atoms with Crippen molar-refractivity contribution in [3.63, 3.8) is 0 Å². The Kier molecular flexibility index (Phi) is 7.04. The van der Waals surface area contributed by atoms with Crippen LogP contribution in [0.1, 0.15) is 23.7 Å². The summed E-state index contributed by atoms with van der Waals surface area (Å²) in [7, 11) is 2.90. The number of hydrogen-bond acceptors (Lipinski definition) is 11. The number of Topliss-reactive ketones (excluding diaryl/α,β-unsaturated/α-hetero) is 1. The lowest BCUT2D eigenvalue weighted by Crippen LogP contribution is -2.55. The van der Waals surface area contributed by atoms with Crippen LogP contribution in [0, 0.1) is 5.92 Å². The van der Waals surface area contributed by atoms with Gasteiger partial charge in [-0.2, -0.15) is 18.3 Å². The van der Waals surface area contributed by atoms with Crippen molar-refractivity contribution in [2.45, 2.75) is 31.3 Å². The average molecular weight is 593 g/mol. The van der Waals surface area contributed by atoms with E-state index in [2.05, 4.69) is 30.6 Å². The van der Waals surface area contributed by atoms with Crippen molar-refractivity contribution in [1.82, 2.24) is 44.7 Å². The molecule has 18 heteroatoms. The van der Waals surface area contributed by atoms with Gasteiger partial charge in [0, 0.05) is 43.3 Å². The van der Waals surface area contributed by atoms with E-state index in [1.54, 1.807) is 13.1 Å². The first-order valence-electron chi connectivity index (χ1n) is 12.4. The van der Waals surface area contributed by atoms with Crippen molar-refractivity contribution in [2.75, 3.05) is 25.9 Å². The monoisotopic (exact) mass is 592 g/mol. The number of aryl methyl sites for hydroxylation is 1. The zero-order chi connectivity index (χ0) is 30.6. The van der Waals surface area contributed by atoms with Gasteiger partial charge in [0.05, 0.1) is 24.9 Å². The van der Waals surface area contributed by atoms with Crippen molar-refractivity contribution in [2.24, 2.45) is 13.0 Å². The molecule has 1 aliphatic rings. The van der Waals surface area contributed by atoms with Crippen molar-refractivity contribution >= 4 is 23.0 Å². The molecule has 4 aromatic rings. The van der Waals surface area contributed by atoms with Crippen LogP contribution in [0.3, 0.4) is 0 Å². The number of amides is 1. The van der Waals surface area contributed by atoms with Gasteiger partial charge >= 0.3 is 6.18 Å². The first-order valence-corrected chi connectivity index (χ1v) is 12.4. The molecule has 1 aliphatic heterocycles. The summed E-state index contributed by atoms with van der Waals surface area (Å²) < 4.78 is 62.5. The maximum Gasteiger partial charge on any atom is 0.426 e. The number of hydrogen-bond donors (Lipinski definition) is 2. The quantitative estimate of drug-likeness (QED) is 0.233. The maximum atomic E-state index is 14.9. The van der Waals surface area contributed by atoms with Crippen molar-refractivity contribution in [3.8, 4) is 28.5 Å². The Bertz CT molecular complexity index is 1690. The van der Waals surface area contributed by atoms with E-state index in [9.17, 15) is 32.3 Å². The molecule has 4 aromatic heterocycles. The molecule has 5 rings (SSSR count). The largest absolute Gasteiger partial charge is 0.480 e. The Hall–Kier alpha value is -4.74. The number of nitrogen functional groups attached to an aromatic ring is 1. The Morgan fingerprint density at radius 3 is 2.60 bits per heavy atom. The molecule has 42 heavy (non-hydrogen) atoms. The zero-order valence-electron chi connectivity index (χ0n) is 22.4. The van der Waals surface area contributed by atoms with E-state index in [4.69, 9.17) is 10.5 Å². The van der Waals surface area contributed by atoms with Gasteiger partial charge in [0.15, 0.2) is 17.4 Å². The first-order chi connectivity index (χ1) is 19.7. The maximum absolute atomic E-state index is 14.9. The molecule has 14 nitrogen and oxygen atoms in total. The molecule has 3 atom stereocenters. The van der Waals surface area contributed by atoms with E-state index in [-0.39, 0.29) is 17.3 Å². The summed E-state index contributed by atoms with van der Waals surface area (Å²) in [4.78, 5) is 34.6. The molecule has 1 amide bonds. The van der Waals surface area contributed by atoms with Crippen LogP contribution in [-0.4, -0.2) is 99.6 Å². The Balaban J connectivity index is 1.49. The highest BCUT2D eigenvalue weighted by atomic mass is 19.4. The third-order valence-electron chi connectivity index (χ3n) is 7.15.